The second-order valence-electron chi connectivity index (χ2n) is 5.13. The summed E-state index contributed by atoms with van der Waals surface area (Å²) in [4.78, 5) is 4.22. The Morgan fingerprint density at radius 3 is 2.90 bits per heavy atom. The molecule has 0 aliphatic rings. The van der Waals surface area contributed by atoms with Gasteiger partial charge in [-0.3, -0.25) is 0 Å². The zero-order chi connectivity index (χ0) is 14.5. The van der Waals surface area contributed by atoms with Crippen LogP contribution in [0, 0.1) is 11.7 Å². The second-order valence-corrected chi connectivity index (χ2v) is 5.54. The van der Waals surface area contributed by atoms with E-state index in [-0.39, 0.29) is 5.02 Å². The molecule has 1 aromatic heterocycles. The molecule has 0 radical (unpaired) electrons. The first-order valence-electron chi connectivity index (χ1n) is 6.57. The summed E-state index contributed by atoms with van der Waals surface area (Å²) in [6.45, 7) is 6.34. The van der Waals surface area contributed by atoms with Crippen molar-refractivity contribution in [1.29, 1.82) is 0 Å². The highest BCUT2D eigenvalue weighted by molar-refractivity contribution is 6.30. The number of halogens is 2. The Morgan fingerprint density at radius 2 is 2.20 bits per heavy atom. The molecule has 1 heterocycles. The largest absolute Gasteiger partial charge is 0.310 e. The summed E-state index contributed by atoms with van der Waals surface area (Å²) in [5.41, 5.74) is 0.804. The highest BCUT2D eigenvalue weighted by Gasteiger charge is 2.04. The molecule has 0 bridgehead atoms. The van der Waals surface area contributed by atoms with E-state index in [0.717, 1.165) is 17.9 Å². The molecule has 108 valence electrons. The maximum Gasteiger partial charge on any atom is 0.164 e. The van der Waals surface area contributed by atoms with Crippen molar-refractivity contribution in [3.8, 4) is 0 Å². The Morgan fingerprint density at radius 1 is 1.40 bits per heavy atom. The average Bonchev–Trinajstić information content (AvgIpc) is 2.81. The first-order valence-corrected chi connectivity index (χ1v) is 6.95. The van der Waals surface area contributed by atoms with E-state index in [2.05, 4.69) is 29.2 Å². The molecule has 0 saturated carbocycles. The smallest absolute Gasteiger partial charge is 0.164 e. The predicted molar refractivity (Wildman–Crippen MR) is 77.1 cm³/mol. The van der Waals surface area contributed by atoms with Crippen LogP contribution >= 0.6 is 11.6 Å². The van der Waals surface area contributed by atoms with E-state index in [1.54, 1.807) is 23.1 Å². The molecule has 0 amide bonds. The molecule has 1 aromatic carbocycles. The molecule has 0 aliphatic heterocycles. The molecule has 20 heavy (non-hydrogen) atoms. The van der Waals surface area contributed by atoms with Crippen molar-refractivity contribution in [3.63, 3.8) is 0 Å². The van der Waals surface area contributed by atoms with Crippen molar-refractivity contribution in [2.24, 2.45) is 5.92 Å². The van der Waals surface area contributed by atoms with E-state index in [1.807, 2.05) is 0 Å². The van der Waals surface area contributed by atoms with Gasteiger partial charge in [0.05, 0.1) is 18.1 Å². The van der Waals surface area contributed by atoms with Gasteiger partial charge in [-0.15, -0.1) is 0 Å². The number of rotatable bonds is 6. The van der Waals surface area contributed by atoms with E-state index >= 15 is 0 Å². The van der Waals surface area contributed by atoms with Crippen LogP contribution in [0.3, 0.4) is 0 Å². The Balaban J connectivity index is 1.93. The van der Waals surface area contributed by atoms with Crippen molar-refractivity contribution < 1.29 is 4.39 Å². The third-order valence-electron chi connectivity index (χ3n) is 2.75. The highest BCUT2D eigenvalue weighted by Crippen LogP contribution is 2.16. The van der Waals surface area contributed by atoms with Gasteiger partial charge >= 0.3 is 0 Å². The predicted octanol–water partition coefficient (Wildman–Crippen LogP) is 2.86. The fourth-order valence-corrected chi connectivity index (χ4v) is 1.91. The van der Waals surface area contributed by atoms with Crippen molar-refractivity contribution >= 4 is 11.6 Å². The van der Waals surface area contributed by atoms with Crippen molar-refractivity contribution in [3.05, 3.63) is 46.8 Å². The Hall–Kier alpha value is -1.46. The standard InChI is InChI=1S/C14H18ClFN4/c1-10(2)6-17-7-14-18-9-20(19-14)8-11-3-4-12(15)13(16)5-11/h3-5,9-10,17H,6-8H2,1-2H3. The quantitative estimate of drug-likeness (QED) is 0.891. The molecule has 0 fully saturated rings. The number of hydrogen-bond acceptors (Lipinski definition) is 3. The van der Waals surface area contributed by atoms with Crippen LogP contribution in [-0.2, 0) is 13.1 Å². The molecule has 1 N–H and O–H groups in total. The van der Waals surface area contributed by atoms with Gasteiger partial charge < -0.3 is 5.32 Å². The summed E-state index contributed by atoms with van der Waals surface area (Å²) in [5, 5.41) is 7.75. The fraction of sp³-hybridized carbons (Fsp3) is 0.429. The zero-order valence-electron chi connectivity index (χ0n) is 11.6. The molecule has 0 spiro atoms. The normalized spacial score (nSPS) is 11.2. The van der Waals surface area contributed by atoms with Gasteiger partial charge in [0.1, 0.15) is 12.1 Å². The summed E-state index contributed by atoms with van der Waals surface area (Å²) < 4.78 is 15.0. The first kappa shape index (κ1) is 14.9. The monoisotopic (exact) mass is 296 g/mol. The third kappa shape index (κ3) is 4.28. The molecular weight excluding hydrogens is 279 g/mol. The van der Waals surface area contributed by atoms with Crippen LogP contribution < -0.4 is 5.32 Å². The van der Waals surface area contributed by atoms with Gasteiger partial charge in [-0.1, -0.05) is 31.5 Å². The molecule has 6 heteroatoms. The fourth-order valence-electron chi connectivity index (χ4n) is 1.79. The van der Waals surface area contributed by atoms with E-state index < -0.39 is 5.82 Å². The summed E-state index contributed by atoms with van der Waals surface area (Å²) in [6, 6.07) is 4.75. The number of nitrogens with one attached hydrogen (secondary N) is 1. The minimum Gasteiger partial charge on any atom is -0.310 e. The highest BCUT2D eigenvalue weighted by atomic mass is 35.5. The molecule has 4 nitrogen and oxygen atoms in total. The molecule has 0 aliphatic carbocycles. The van der Waals surface area contributed by atoms with Crippen LogP contribution in [0.1, 0.15) is 25.2 Å². The van der Waals surface area contributed by atoms with Crippen molar-refractivity contribution in [2.75, 3.05) is 6.54 Å². The lowest BCUT2D eigenvalue weighted by Gasteiger charge is -2.04. The van der Waals surface area contributed by atoms with Gasteiger partial charge in [0, 0.05) is 0 Å². The molecule has 2 rings (SSSR count). The minimum absolute atomic E-state index is 0.130. The lowest BCUT2D eigenvalue weighted by Crippen LogP contribution is -2.19. The SMILES string of the molecule is CC(C)CNCc1ncn(Cc2ccc(Cl)c(F)c2)n1. The molecule has 0 unspecified atom stereocenters. The summed E-state index contributed by atoms with van der Waals surface area (Å²) in [6.07, 6.45) is 1.65. The van der Waals surface area contributed by atoms with Crippen molar-refractivity contribution in [1.82, 2.24) is 20.1 Å². The Kier molecular flexibility index (Phi) is 5.09. The first-order chi connectivity index (χ1) is 9.54. The van der Waals surface area contributed by atoms with E-state index in [0.29, 0.717) is 19.0 Å². The van der Waals surface area contributed by atoms with Crippen LogP contribution in [-0.4, -0.2) is 21.3 Å². The van der Waals surface area contributed by atoms with Crippen LogP contribution in [0.15, 0.2) is 24.5 Å². The van der Waals surface area contributed by atoms with Gasteiger partial charge in [0.15, 0.2) is 5.82 Å². The van der Waals surface area contributed by atoms with E-state index in [9.17, 15) is 4.39 Å². The maximum atomic E-state index is 13.3. The molecule has 0 atom stereocenters. The summed E-state index contributed by atoms with van der Waals surface area (Å²) in [7, 11) is 0. The van der Waals surface area contributed by atoms with Crippen LogP contribution in [0.25, 0.3) is 0 Å². The van der Waals surface area contributed by atoms with E-state index in [4.69, 9.17) is 11.6 Å². The van der Waals surface area contributed by atoms with Crippen LogP contribution in [0.4, 0.5) is 4.39 Å². The van der Waals surface area contributed by atoms with Crippen LogP contribution in [0.2, 0.25) is 5.02 Å². The van der Waals surface area contributed by atoms with Crippen molar-refractivity contribution in [2.45, 2.75) is 26.9 Å². The summed E-state index contributed by atoms with van der Waals surface area (Å²) >= 11 is 5.65. The minimum atomic E-state index is -0.414. The molecule has 2 aromatic rings. The lowest BCUT2D eigenvalue weighted by molar-refractivity contribution is 0.539. The number of nitrogens with zero attached hydrogens (tertiary/aromatic N) is 3. The second kappa shape index (κ2) is 6.81. The Bertz CT molecular complexity index is 568. The molecular formula is C14H18ClFN4. The number of benzene rings is 1. The summed E-state index contributed by atoms with van der Waals surface area (Å²) in [5.74, 6) is 0.914. The van der Waals surface area contributed by atoms with Gasteiger partial charge in [0.25, 0.3) is 0 Å². The third-order valence-corrected chi connectivity index (χ3v) is 3.05. The van der Waals surface area contributed by atoms with Gasteiger partial charge in [-0.05, 0) is 30.2 Å². The number of aromatic nitrogens is 3. The molecule has 0 saturated heterocycles. The lowest BCUT2D eigenvalue weighted by atomic mass is 10.2. The van der Waals surface area contributed by atoms with E-state index in [1.165, 1.54) is 6.07 Å². The van der Waals surface area contributed by atoms with Gasteiger partial charge in [-0.2, -0.15) is 5.10 Å². The Labute approximate surface area is 123 Å². The topological polar surface area (TPSA) is 42.7 Å². The number of hydrogen-bond donors (Lipinski definition) is 1. The average molecular weight is 297 g/mol. The zero-order valence-corrected chi connectivity index (χ0v) is 12.4. The maximum absolute atomic E-state index is 13.3. The van der Waals surface area contributed by atoms with Gasteiger partial charge in [-0.25, -0.2) is 14.1 Å². The van der Waals surface area contributed by atoms with Gasteiger partial charge in [0.2, 0.25) is 0 Å². The van der Waals surface area contributed by atoms with Crippen LogP contribution in [0.5, 0.6) is 0 Å².